The Morgan fingerprint density at radius 1 is 1.07 bits per heavy atom. The first-order valence-electron chi connectivity index (χ1n) is 10.8. The van der Waals surface area contributed by atoms with E-state index in [0.29, 0.717) is 24.6 Å². The van der Waals surface area contributed by atoms with E-state index < -0.39 is 0 Å². The fraction of sp³-hybridized carbons (Fsp3) is 0.682. The second kappa shape index (κ2) is 12.0. The molecule has 1 aromatic carbocycles. The topological polar surface area (TPSA) is 56.9 Å². The molecule has 2 atom stereocenters. The Morgan fingerprint density at radius 3 is 2.50 bits per heavy atom. The normalized spacial score (nSPS) is 24.1. The lowest BCUT2D eigenvalue weighted by atomic mass is 10.0. The molecule has 2 heterocycles. The number of benzene rings is 1. The van der Waals surface area contributed by atoms with Gasteiger partial charge in [0.2, 0.25) is 0 Å². The predicted molar refractivity (Wildman–Crippen MR) is 129 cm³/mol. The van der Waals surface area contributed by atoms with E-state index in [2.05, 4.69) is 58.2 Å². The fourth-order valence-electron chi connectivity index (χ4n) is 4.37. The molecule has 0 bridgehead atoms. The van der Waals surface area contributed by atoms with Crippen LogP contribution in [0.5, 0.6) is 0 Å². The van der Waals surface area contributed by atoms with Crippen molar-refractivity contribution in [3.8, 4) is 0 Å². The quantitative estimate of drug-likeness (QED) is 0.342. The zero-order valence-electron chi connectivity index (χ0n) is 17.6. The zero-order valence-corrected chi connectivity index (χ0v) is 19.9. The number of hydrogen-bond donors (Lipinski definition) is 2. The molecule has 3 rings (SSSR count). The van der Waals surface area contributed by atoms with Gasteiger partial charge in [-0.2, -0.15) is 0 Å². The number of aliphatic imine (C=N–C) groups is 1. The second-order valence-electron chi connectivity index (χ2n) is 8.14. The molecule has 1 aromatic rings. The minimum absolute atomic E-state index is 0. The van der Waals surface area contributed by atoms with Gasteiger partial charge in [0.1, 0.15) is 0 Å². The predicted octanol–water partition coefficient (Wildman–Crippen LogP) is 3.57. The van der Waals surface area contributed by atoms with Crippen LogP contribution in [0.25, 0.3) is 0 Å². The van der Waals surface area contributed by atoms with Crippen LogP contribution >= 0.6 is 24.0 Å². The van der Waals surface area contributed by atoms with E-state index in [0.717, 1.165) is 19.6 Å². The number of hydrogen-bond acceptors (Lipinski definition) is 3. The first-order chi connectivity index (χ1) is 13.2. The van der Waals surface area contributed by atoms with Gasteiger partial charge in [0.15, 0.2) is 5.96 Å². The standard InChI is InChI=1S/C22H37N5.HI/c1-3-26-14-6-8-21(26)16-25-22(23)24-15-19-9-11-20(12-10-19)17-27-13-5-4-7-18(27)2;/h9-12,18,21H,3-8,13-17H2,1-2H3,(H3,23,24,25);1H. The maximum Gasteiger partial charge on any atom is 0.188 e. The highest BCUT2D eigenvalue weighted by Crippen LogP contribution is 2.19. The van der Waals surface area contributed by atoms with Crippen molar-refractivity contribution in [3.05, 3.63) is 35.4 Å². The lowest BCUT2D eigenvalue weighted by Gasteiger charge is -2.33. The maximum atomic E-state index is 6.07. The van der Waals surface area contributed by atoms with Crippen molar-refractivity contribution in [1.82, 2.24) is 15.1 Å². The van der Waals surface area contributed by atoms with E-state index in [1.54, 1.807) is 0 Å². The molecular weight excluding hydrogens is 461 g/mol. The van der Waals surface area contributed by atoms with Gasteiger partial charge in [-0.05, 0) is 63.4 Å². The van der Waals surface area contributed by atoms with Gasteiger partial charge < -0.3 is 11.1 Å². The number of likely N-dealkylation sites (N-methyl/N-ethyl adjacent to an activating group) is 1. The number of nitrogens with two attached hydrogens (primary N) is 1. The van der Waals surface area contributed by atoms with E-state index in [4.69, 9.17) is 5.73 Å². The summed E-state index contributed by atoms with van der Waals surface area (Å²) in [6.07, 6.45) is 6.59. The van der Waals surface area contributed by atoms with Gasteiger partial charge in [-0.25, -0.2) is 4.99 Å². The number of halogens is 1. The first-order valence-corrected chi connectivity index (χ1v) is 10.8. The smallest absolute Gasteiger partial charge is 0.188 e. The monoisotopic (exact) mass is 499 g/mol. The molecule has 0 saturated carbocycles. The fourth-order valence-corrected chi connectivity index (χ4v) is 4.37. The van der Waals surface area contributed by atoms with Crippen molar-refractivity contribution in [2.75, 3.05) is 26.2 Å². The van der Waals surface area contributed by atoms with E-state index in [-0.39, 0.29) is 24.0 Å². The molecule has 2 aliphatic rings. The van der Waals surface area contributed by atoms with Gasteiger partial charge in [-0.15, -0.1) is 24.0 Å². The van der Waals surface area contributed by atoms with Crippen molar-refractivity contribution in [1.29, 1.82) is 0 Å². The largest absolute Gasteiger partial charge is 0.370 e. The highest BCUT2D eigenvalue weighted by atomic mass is 127. The van der Waals surface area contributed by atoms with Crippen LogP contribution in [0.1, 0.15) is 57.1 Å². The highest BCUT2D eigenvalue weighted by molar-refractivity contribution is 14.0. The molecule has 0 aliphatic carbocycles. The molecule has 2 saturated heterocycles. The summed E-state index contributed by atoms with van der Waals surface area (Å²) in [6.45, 7) is 10.7. The number of guanidine groups is 1. The maximum absolute atomic E-state index is 6.07. The molecule has 28 heavy (non-hydrogen) atoms. The van der Waals surface area contributed by atoms with E-state index >= 15 is 0 Å². The highest BCUT2D eigenvalue weighted by Gasteiger charge is 2.22. The van der Waals surface area contributed by atoms with E-state index in [9.17, 15) is 0 Å². The van der Waals surface area contributed by atoms with Crippen molar-refractivity contribution in [3.63, 3.8) is 0 Å². The van der Waals surface area contributed by atoms with Crippen LogP contribution in [-0.2, 0) is 13.1 Å². The first kappa shape index (κ1) is 23.4. The average Bonchev–Trinajstić information content (AvgIpc) is 3.15. The summed E-state index contributed by atoms with van der Waals surface area (Å²) in [5.41, 5.74) is 8.68. The van der Waals surface area contributed by atoms with Gasteiger partial charge >= 0.3 is 0 Å². The Kier molecular flexibility index (Phi) is 10.0. The minimum Gasteiger partial charge on any atom is -0.370 e. The van der Waals surface area contributed by atoms with Crippen molar-refractivity contribution in [2.24, 2.45) is 10.7 Å². The molecule has 5 nitrogen and oxygen atoms in total. The third kappa shape index (κ3) is 6.88. The SMILES string of the molecule is CCN1CCCC1CNC(N)=NCc1ccc(CN2CCCCC2C)cc1.I. The third-order valence-electron chi connectivity index (χ3n) is 6.21. The van der Waals surface area contributed by atoms with Crippen molar-refractivity contribution >= 4 is 29.9 Å². The van der Waals surface area contributed by atoms with Crippen LogP contribution < -0.4 is 11.1 Å². The molecule has 0 radical (unpaired) electrons. The van der Waals surface area contributed by atoms with E-state index in [1.165, 1.54) is 56.3 Å². The second-order valence-corrected chi connectivity index (χ2v) is 8.14. The summed E-state index contributed by atoms with van der Waals surface area (Å²) < 4.78 is 0. The zero-order chi connectivity index (χ0) is 19.1. The number of rotatable bonds is 7. The third-order valence-corrected chi connectivity index (χ3v) is 6.21. The van der Waals surface area contributed by atoms with Crippen LogP contribution in [0, 0.1) is 0 Å². The Balaban J connectivity index is 0.00000280. The van der Waals surface area contributed by atoms with Gasteiger partial charge in [0, 0.05) is 25.2 Å². The lowest BCUT2D eigenvalue weighted by molar-refractivity contribution is 0.152. The van der Waals surface area contributed by atoms with Crippen molar-refractivity contribution < 1.29 is 0 Å². The van der Waals surface area contributed by atoms with Crippen molar-refractivity contribution in [2.45, 2.75) is 71.1 Å². The Bertz CT molecular complexity index is 603. The van der Waals surface area contributed by atoms with Crippen LogP contribution in [0.3, 0.4) is 0 Å². The van der Waals surface area contributed by atoms with Crippen LogP contribution in [0.15, 0.2) is 29.3 Å². The number of likely N-dealkylation sites (tertiary alicyclic amines) is 2. The summed E-state index contributed by atoms with van der Waals surface area (Å²) in [6, 6.07) is 10.2. The summed E-state index contributed by atoms with van der Waals surface area (Å²) >= 11 is 0. The molecule has 2 aliphatic heterocycles. The van der Waals surface area contributed by atoms with Gasteiger partial charge in [0.25, 0.3) is 0 Å². The molecule has 158 valence electrons. The molecule has 0 amide bonds. The molecule has 2 fully saturated rings. The summed E-state index contributed by atoms with van der Waals surface area (Å²) in [5.74, 6) is 0.559. The van der Waals surface area contributed by atoms with Crippen LogP contribution in [0.4, 0.5) is 0 Å². The average molecular weight is 499 g/mol. The summed E-state index contributed by atoms with van der Waals surface area (Å²) in [4.78, 5) is 9.63. The van der Waals surface area contributed by atoms with E-state index in [1.807, 2.05) is 0 Å². The van der Waals surface area contributed by atoms with Gasteiger partial charge in [-0.1, -0.05) is 37.6 Å². The number of nitrogens with zero attached hydrogens (tertiary/aromatic N) is 3. The lowest BCUT2D eigenvalue weighted by Crippen LogP contribution is -2.42. The molecular formula is C22H38IN5. The Labute approximate surface area is 188 Å². The molecule has 0 spiro atoms. The Morgan fingerprint density at radius 2 is 1.79 bits per heavy atom. The summed E-state index contributed by atoms with van der Waals surface area (Å²) in [5, 5.41) is 3.31. The van der Waals surface area contributed by atoms with Gasteiger partial charge in [0.05, 0.1) is 6.54 Å². The Hall–Kier alpha value is -0.860. The number of piperidine rings is 1. The molecule has 6 heteroatoms. The molecule has 2 unspecified atom stereocenters. The minimum atomic E-state index is 0. The number of nitrogens with one attached hydrogen (secondary N) is 1. The van der Waals surface area contributed by atoms with Crippen LogP contribution in [-0.4, -0.2) is 54.0 Å². The molecule has 0 aromatic heterocycles. The summed E-state index contributed by atoms with van der Waals surface area (Å²) in [7, 11) is 0. The molecule has 3 N–H and O–H groups in total. The van der Waals surface area contributed by atoms with Crippen LogP contribution in [0.2, 0.25) is 0 Å². The van der Waals surface area contributed by atoms with Gasteiger partial charge in [-0.3, -0.25) is 9.80 Å².